The van der Waals surface area contributed by atoms with E-state index >= 15 is 0 Å². The lowest BCUT2D eigenvalue weighted by Crippen LogP contribution is -2.35. The van der Waals surface area contributed by atoms with Crippen molar-refractivity contribution < 1.29 is 9.50 Å². The van der Waals surface area contributed by atoms with Crippen molar-refractivity contribution in [3.05, 3.63) is 65.0 Å². The molecule has 21 heavy (non-hydrogen) atoms. The van der Waals surface area contributed by atoms with Crippen LogP contribution in [0.2, 0.25) is 0 Å². The Kier molecular flexibility index (Phi) is 4.63. The molecule has 0 saturated heterocycles. The Balaban J connectivity index is 2.31. The van der Waals surface area contributed by atoms with Gasteiger partial charge in [0, 0.05) is 5.69 Å². The Hall–Kier alpha value is -1.87. The number of hydrogen-bond donors (Lipinski definition) is 2. The van der Waals surface area contributed by atoms with Crippen LogP contribution in [0.4, 0.5) is 10.1 Å². The number of aliphatic hydroxyl groups is 1. The number of rotatable bonds is 5. The van der Waals surface area contributed by atoms with Crippen LogP contribution in [0.25, 0.3) is 0 Å². The van der Waals surface area contributed by atoms with Gasteiger partial charge in [-0.25, -0.2) is 4.39 Å². The SMILES string of the molecule is CCc1ccc(C(C)(CO)Nc2cc(C)cc(F)c2)cc1. The third-order valence-electron chi connectivity index (χ3n) is 3.78. The van der Waals surface area contributed by atoms with Crippen molar-refractivity contribution in [1.29, 1.82) is 0 Å². The third kappa shape index (κ3) is 3.61. The normalized spacial score (nSPS) is 13.8. The van der Waals surface area contributed by atoms with Crippen LogP contribution >= 0.6 is 0 Å². The first-order valence-electron chi connectivity index (χ1n) is 7.22. The van der Waals surface area contributed by atoms with Crippen LogP contribution < -0.4 is 5.32 Å². The van der Waals surface area contributed by atoms with Crippen LogP contribution in [-0.2, 0) is 12.0 Å². The van der Waals surface area contributed by atoms with Crippen LogP contribution in [-0.4, -0.2) is 11.7 Å². The summed E-state index contributed by atoms with van der Waals surface area (Å²) in [4.78, 5) is 0. The quantitative estimate of drug-likeness (QED) is 0.870. The third-order valence-corrected chi connectivity index (χ3v) is 3.78. The minimum absolute atomic E-state index is 0.0754. The number of aryl methyl sites for hydroxylation is 2. The van der Waals surface area contributed by atoms with Gasteiger partial charge >= 0.3 is 0 Å². The predicted molar refractivity (Wildman–Crippen MR) is 85.0 cm³/mol. The van der Waals surface area contributed by atoms with Crippen LogP contribution in [0, 0.1) is 12.7 Å². The van der Waals surface area contributed by atoms with Crippen molar-refractivity contribution in [2.45, 2.75) is 32.7 Å². The molecule has 2 rings (SSSR count). The van der Waals surface area contributed by atoms with E-state index in [0.717, 1.165) is 17.5 Å². The van der Waals surface area contributed by atoms with E-state index in [1.165, 1.54) is 17.7 Å². The summed E-state index contributed by atoms with van der Waals surface area (Å²) in [6.07, 6.45) is 0.979. The van der Waals surface area contributed by atoms with Gasteiger partial charge in [-0.1, -0.05) is 31.2 Å². The van der Waals surface area contributed by atoms with Gasteiger partial charge in [0.05, 0.1) is 12.1 Å². The van der Waals surface area contributed by atoms with Crippen molar-refractivity contribution in [3.8, 4) is 0 Å². The number of aliphatic hydroxyl groups excluding tert-OH is 1. The van der Waals surface area contributed by atoms with E-state index in [2.05, 4.69) is 24.4 Å². The molecule has 2 aromatic rings. The molecule has 1 atom stereocenters. The van der Waals surface area contributed by atoms with Gasteiger partial charge in [0.2, 0.25) is 0 Å². The highest BCUT2D eigenvalue weighted by atomic mass is 19.1. The second-order valence-electron chi connectivity index (χ2n) is 5.68. The van der Waals surface area contributed by atoms with Crippen LogP contribution in [0.15, 0.2) is 42.5 Å². The van der Waals surface area contributed by atoms with E-state index in [0.29, 0.717) is 5.69 Å². The Labute approximate surface area is 125 Å². The fourth-order valence-electron chi connectivity index (χ4n) is 2.44. The molecule has 2 N–H and O–H groups in total. The average Bonchev–Trinajstić information content (AvgIpc) is 2.46. The van der Waals surface area contributed by atoms with Gasteiger partial charge in [0.15, 0.2) is 0 Å². The summed E-state index contributed by atoms with van der Waals surface area (Å²) >= 11 is 0. The molecule has 2 nitrogen and oxygen atoms in total. The van der Waals surface area contributed by atoms with Gasteiger partial charge in [-0.15, -0.1) is 0 Å². The zero-order valence-corrected chi connectivity index (χ0v) is 12.8. The molecular weight excluding hydrogens is 265 g/mol. The zero-order valence-electron chi connectivity index (χ0n) is 12.8. The molecule has 0 fully saturated rings. The lowest BCUT2D eigenvalue weighted by Gasteiger charge is -2.31. The number of anilines is 1. The van der Waals surface area contributed by atoms with E-state index in [9.17, 15) is 9.50 Å². The molecular formula is C18H22FNO. The lowest BCUT2D eigenvalue weighted by atomic mass is 9.91. The summed E-state index contributed by atoms with van der Waals surface area (Å²) in [6.45, 7) is 5.79. The summed E-state index contributed by atoms with van der Waals surface area (Å²) in [5.41, 5.74) is 3.10. The minimum Gasteiger partial charge on any atom is -0.394 e. The highest BCUT2D eigenvalue weighted by Gasteiger charge is 2.25. The molecule has 112 valence electrons. The van der Waals surface area contributed by atoms with Gasteiger partial charge in [-0.2, -0.15) is 0 Å². The molecule has 1 unspecified atom stereocenters. The van der Waals surface area contributed by atoms with Crippen LogP contribution in [0.5, 0.6) is 0 Å². The highest BCUT2D eigenvalue weighted by Crippen LogP contribution is 2.27. The molecule has 0 aliphatic rings. The zero-order chi connectivity index (χ0) is 15.5. The first-order chi connectivity index (χ1) is 9.96. The van der Waals surface area contributed by atoms with Crippen molar-refractivity contribution >= 4 is 5.69 Å². The van der Waals surface area contributed by atoms with Gasteiger partial charge in [-0.05, 0) is 55.2 Å². The number of halogens is 1. The molecule has 0 aliphatic heterocycles. The minimum atomic E-state index is -0.646. The monoisotopic (exact) mass is 287 g/mol. The molecule has 0 saturated carbocycles. The maximum Gasteiger partial charge on any atom is 0.125 e. The standard InChI is InChI=1S/C18H22FNO/c1-4-14-5-7-15(8-6-14)18(3,12-21)20-17-10-13(2)9-16(19)11-17/h5-11,20-21H,4,12H2,1-3H3. The Bertz CT molecular complexity index is 589. The second kappa shape index (κ2) is 6.27. The first-order valence-corrected chi connectivity index (χ1v) is 7.22. The van der Waals surface area contributed by atoms with Crippen LogP contribution in [0.1, 0.15) is 30.5 Å². The summed E-state index contributed by atoms with van der Waals surface area (Å²) in [5.74, 6) is -0.279. The van der Waals surface area contributed by atoms with Crippen molar-refractivity contribution in [3.63, 3.8) is 0 Å². The molecule has 0 bridgehead atoms. The summed E-state index contributed by atoms with van der Waals surface area (Å²) in [7, 11) is 0. The highest BCUT2D eigenvalue weighted by molar-refractivity contribution is 5.50. The van der Waals surface area contributed by atoms with Gasteiger partial charge < -0.3 is 10.4 Å². The van der Waals surface area contributed by atoms with Crippen molar-refractivity contribution in [1.82, 2.24) is 0 Å². The van der Waals surface area contributed by atoms with Gasteiger partial charge in [0.1, 0.15) is 5.82 Å². The van der Waals surface area contributed by atoms with Crippen molar-refractivity contribution in [2.24, 2.45) is 0 Å². The molecule has 0 radical (unpaired) electrons. The first kappa shape index (κ1) is 15.5. The number of benzene rings is 2. The molecule has 0 spiro atoms. The van der Waals surface area contributed by atoms with E-state index in [1.54, 1.807) is 0 Å². The molecule has 3 heteroatoms. The second-order valence-corrected chi connectivity index (χ2v) is 5.68. The van der Waals surface area contributed by atoms with Crippen LogP contribution in [0.3, 0.4) is 0 Å². The smallest absolute Gasteiger partial charge is 0.125 e. The fraction of sp³-hybridized carbons (Fsp3) is 0.333. The Morgan fingerprint density at radius 3 is 2.33 bits per heavy atom. The van der Waals surface area contributed by atoms with Gasteiger partial charge in [-0.3, -0.25) is 0 Å². The topological polar surface area (TPSA) is 32.3 Å². The maximum absolute atomic E-state index is 13.5. The summed E-state index contributed by atoms with van der Waals surface area (Å²) in [6, 6.07) is 12.9. The molecule has 0 aliphatic carbocycles. The lowest BCUT2D eigenvalue weighted by molar-refractivity contribution is 0.224. The van der Waals surface area contributed by atoms with E-state index < -0.39 is 5.54 Å². The maximum atomic E-state index is 13.5. The largest absolute Gasteiger partial charge is 0.394 e. The molecule has 0 heterocycles. The summed E-state index contributed by atoms with van der Waals surface area (Å²) in [5, 5.41) is 13.1. The van der Waals surface area contributed by atoms with E-state index in [1.807, 2.05) is 32.0 Å². The van der Waals surface area contributed by atoms with Crippen molar-refractivity contribution in [2.75, 3.05) is 11.9 Å². The summed E-state index contributed by atoms with van der Waals surface area (Å²) < 4.78 is 13.5. The average molecular weight is 287 g/mol. The fourth-order valence-corrected chi connectivity index (χ4v) is 2.44. The van der Waals surface area contributed by atoms with Gasteiger partial charge in [0.25, 0.3) is 0 Å². The van der Waals surface area contributed by atoms with E-state index in [4.69, 9.17) is 0 Å². The molecule has 0 amide bonds. The molecule has 0 aromatic heterocycles. The molecule has 2 aromatic carbocycles. The Morgan fingerprint density at radius 2 is 1.81 bits per heavy atom. The number of nitrogens with one attached hydrogen (secondary N) is 1. The van der Waals surface area contributed by atoms with E-state index in [-0.39, 0.29) is 12.4 Å². The Morgan fingerprint density at radius 1 is 1.14 bits per heavy atom. The predicted octanol–water partition coefficient (Wildman–Crippen LogP) is 4.02. The number of hydrogen-bond acceptors (Lipinski definition) is 2.